The van der Waals surface area contributed by atoms with Crippen molar-refractivity contribution in [2.45, 2.75) is 6.92 Å². The molecule has 5 heterocycles. The maximum atomic E-state index is 15.8. The van der Waals surface area contributed by atoms with E-state index in [9.17, 15) is 0 Å². The molecule has 0 unspecified atom stereocenters. The molecule has 32 heavy (non-hydrogen) atoms. The first-order valence-corrected chi connectivity index (χ1v) is 10.0. The lowest BCUT2D eigenvalue weighted by molar-refractivity contribution is 0.643. The number of aromatic nitrogens is 7. The van der Waals surface area contributed by atoms with Gasteiger partial charge in [-0.15, -0.1) is 0 Å². The summed E-state index contributed by atoms with van der Waals surface area (Å²) in [5.74, 6) is 0.0669. The zero-order chi connectivity index (χ0) is 21.7. The van der Waals surface area contributed by atoms with E-state index >= 15 is 4.39 Å². The highest BCUT2D eigenvalue weighted by molar-refractivity contribution is 5.98. The van der Waals surface area contributed by atoms with E-state index in [1.54, 1.807) is 37.1 Å². The molecule has 0 fully saturated rings. The van der Waals surface area contributed by atoms with Crippen LogP contribution in [0, 0.1) is 12.7 Å². The Morgan fingerprint density at radius 2 is 1.78 bits per heavy atom. The first-order chi connectivity index (χ1) is 15.7. The van der Waals surface area contributed by atoms with Crippen LogP contribution in [0.15, 0.2) is 67.4 Å². The van der Waals surface area contributed by atoms with Gasteiger partial charge in [0, 0.05) is 53.2 Å². The second-order valence-electron chi connectivity index (χ2n) is 7.50. The van der Waals surface area contributed by atoms with Crippen LogP contribution in [0.3, 0.4) is 0 Å². The van der Waals surface area contributed by atoms with Gasteiger partial charge in [-0.1, -0.05) is 6.07 Å². The average molecular weight is 421 g/mol. The molecule has 0 saturated heterocycles. The molecule has 2 N–H and O–H groups in total. The summed E-state index contributed by atoms with van der Waals surface area (Å²) in [6.07, 6.45) is 8.56. The summed E-state index contributed by atoms with van der Waals surface area (Å²) in [6.45, 7) is 1.93. The standard InChI is InChI=1S/C24H16FN7/c1-13-6-9-27-12-17(13)16-4-5-18-19(20(16)25)22(32-31-18)24-29-21-15(7-10-28-23(21)30-24)14-3-2-8-26-11-14/h2-12H,1H3,(H,31,32)(H,28,29,30). The van der Waals surface area contributed by atoms with Gasteiger partial charge in [-0.05, 0) is 42.8 Å². The van der Waals surface area contributed by atoms with Gasteiger partial charge in [0.25, 0.3) is 0 Å². The van der Waals surface area contributed by atoms with Crippen LogP contribution in [0.4, 0.5) is 4.39 Å². The molecule has 5 aromatic heterocycles. The number of fused-ring (bicyclic) bond motifs is 2. The van der Waals surface area contributed by atoms with Crippen LogP contribution < -0.4 is 0 Å². The Labute approximate surface area is 181 Å². The topological polar surface area (TPSA) is 96.0 Å². The highest BCUT2D eigenvalue weighted by atomic mass is 19.1. The minimum atomic E-state index is -0.372. The minimum absolute atomic E-state index is 0.368. The van der Waals surface area contributed by atoms with Gasteiger partial charge in [0.1, 0.15) is 11.5 Å². The Bertz CT molecular complexity index is 1600. The highest BCUT2D eigenvalue weighted by Gasteiger charge is 2.21. The first-order valence-electron chi connectivity index (χ1n) is 10.0. The van der Waals surface area contributed by atoms with Gasteiger partial charge in [-0.25, -0.2) is 14.4 Å². The monoisotopic (exact) mass is 421 g/mol. The number of benzene rings is 1. The van der Waals surface area contributed by atoms with Crippen LogP contribution >= 0.6 is 0 Å². The third-order valence-corrected chi connectivity index (χ3v) is 5.59. The molecule has 0 atom stereocenters. The number of nitrogens with zero attached hydrogens (tertiary/aromatic N) is 5. The molecule has 1 aromatic carbocycles. The highest BCUT2D eigenvalue weighted by Crippen LogP contribution is 2.35. The predicted molar refractivity (Wildman–Crippen MR) is 120 cm³/mol. The van der Waals surface area contributed by atoms with Gasteiger partial charge < -0.3 is 4.98 Å². The Balaban J connectivity index is 1.56. The molecule has 6 rings (SSSR count). The van der Waals surface area contributed by atoms with Crippen molar-refractivity contribution in [3.05, 3.63) is 78.8 Å². The molecule has 0 aliphatic carbocycles. The molecule has 0 aliphatic rings. The fraction of sp³-hybridized carbons (Fsp3) is 0.0417. The molecule has 154 valence electrons. The van der Waals surface area contributed by atoms with Crippen LogP contribution in [0.25, 0.3) is 55.8 Å². The smallest absolute Gasteiger partial charge is 0.178 e. The molecule has 0 amide bonds. The Morgan fingerprint density at radius 1 is 0.875 bits per heavy atom. The zero-order valence-electron chi connectivity index (χ0n) is 17.0. The largest absolute Gasteiger partial charge is 0.335 e. The Morgan fingerprint density at radius 3 is 2.62 bits per heavy atom. The minimum Gasteiger partial charge on any atom is -0.335 e. The molecule has 0 spiro atoms. The summed E-state index contributed by atoms with van der Waals surface area (Å²) in [4.78, 5) is 20.6. The van der Waals surface area contributed by atoms with Gasteiger partial charge in [-0.3, -0.25) is 15.1 Å². The van der Waals surface area contributed by atoms with Crippen molar-refractivity contribution in [2.24, 2.45) is 0 Å². The van der Waals surface area contributed by atoms with Crippen molar-refractivity contribution in [3.8, 4) is 33.8 Å². The maximum absolute atomic E-state index is 15.8. The maximum Gasteiger partial charge on any atom is 0.178 e. The molecule has 0 bridgehead atoms. The molecule has 7 nitrogen and oxygen atoms in total. The summed E-state index contributed by atoms with van der Waals surface area (Å²) in [6, 6.07) is 11.2. The molecule has 8 heteroatoms. The van der Waals surface area contributed by atoms with Crippen molar-refractivity contribution >= 4 is 22.1 Å². The van der Waals surface area contributed by atoms with Crippen molar-refractivity contribution in [1.82, 2.24) is 35.1 Å². The van der Waals surface area contributed by atoms with Crippen LogP contribution in [-0.2, 0) is 0 Å². The number of aromatic amines is 2. The second kappa shape index (κ2) is 7.05. The lowest BCUT2D eigenvalue weighted by atomic mass is 10.00. The summed E-state index contributed by atoms with van der Waals surface area (Å²) in [7, 11) is 0. The molecule has 0 saturated carbocycles. The third-order valence-electron chi connectivity index (χ3n) is 5.59. The van der Waals surface area contributed by atoms with Crippen LogP contribution in [0.2, 0.25) is 0 Å². The van der Waals surface area contributed by atoms with E-state index in [4.69, 9.17) is 0 Å². The lowest BCUT2D eigenvalue weighted by Gasteiger charge is -2.07. The average Bonchev–Trinajstić information content (AvgIpc) is 3.45. The van der Waals surface area contributed by atoms with Crippen molar-refractivity contribution in [2.75, 3.05) is 0 Å². The van der Waals surface area contributed by atoms with Crippen LogP contribution in [0.1, 0.15) is 5.56 Å². The van der Waals surface area contributed by atoms with E-state index in [0.29, 0.717) is 33.6 Å². The summed E-state index contributed by atoms with van der Waals surface area (Å²) in [5, 5.41) is 7.65. The Kier molecular flexibility index (Phi) is 4.04. The normalized spacial score (nSPS) is 11.4. The van der Waals surface area contributed by atoms with Gasteiger partial charge in [0.2, 0.25) is 0 Å². The number of hydrogen-bond acceptors (Lipinski definition) is 5. The van der Waals surface area contributed by atoms with Gasteiger partial charge in [-0.2, -0.15) is 5.10 Å². The molecule has 0 radical (unpaired) electrons. The summed E-state index contributed by atoms with van der Waals surface area (Å²) in [5.41, 5.74) is 6.25. The molecule has 6 aromatic rings. The lowest BCUT2D eigenvalue weighted by Crippen LogP contribution is -1.91. The van der Waals surface area contributed by atoms with E-state index in [1.165, 1.54) is 0 Å². The number of halogens is 1. The van der Waals surface area contributed by atoms with Crippen molar-refractivity contribution in [1.29, 1.82) is 0 Å². The van der Waals surface area contributed by atoms with Crippen molar-refractivity contribution < 1.29 is 4.39 Å². The number of aryl methyl sites for hydroxylation is 1. The predicted octanol–water partition coefficient (Wildman–Crippen LogP) is 5.07. The summed E-state index contributed by atoms with van der Waals surface area (Å²) >= 11 is 0. The molecule has 0 aliphatic heterocycles. The summed E-state index contributed by atoms with van der Waals surface area (Å²) < 4.78 is 15.8. The second-order valence-corrected chi connectivity index (χ2v) is 7.50. The number of imidazole rings is 1. The van der Waals surface area contributed by atoms with Crippen LogP contribution in [-0.4, -0.2) is 35.1 Å². The quantitative estimate of drug-likeness (QED) is 0.416. The van der Waals surface area contributed by atoms with E-state index < -0.39 is 0 Å². The number of rotatable bonds is 3. The number of pyridine rings is 3. The van der Waals surface area contributed by atoms with E-state index in [0.717, 1.165) is 27.8 Å². The molecular weight excluding hydrogens is 405 g/mol. The van der Waals surface area contributed by atoms with Gasteiger partial charge in [0.15, 0.2) is 11.5 Å². The van der Waals surface area contributed by atoms with E-state index in [1.807, 2.05) is 37.3 Å². The number of H-pyrrole nitrogens is 2. The number of hydrogen-bond donors (Lipinski definition) is 2. The number of nitrogens with one attached hydrogen (secondary N) is 2. The molecular formula is C24H16FN7. The third kappa shape index (κ3) is 2.77. The van der Waals surface area contributed by atoms with Gasteiger partial charge in [0.05, 0.1) is 16.4 Å². The SMILES string of the molecule is Cc1ccncc1-c1ccc2[nH]nc(-c3nc4nccc(-c5cccnc5)c4[nH]3)c2c1F. The zero-order valence-corrected chi connectivity index (χ0v) is 17.0. The van der Waals surface area contributed by atoms with Crippen LogP contribution in [0.5, 0.6) is 0 Å². The van der Waals surface area contributed by atoms with Gasteiger partial charge >= 0.3 is 0 Å². The fourth-order valence-corrected chi connectivity index (χ4v) is 3.98. The fourth-order valence-electron chi connectivity index (χ4n) is 3.98. The van der Waals surface area contributed by atoms with E-state index in [-0.39, 0.29) is 5.82 Å². The Hall–Kier alpha value is -4.46. The van der Waals surface area contributed by atoms with Crippen molar-refractivity contribution in [3.63, 3.8) is 0 Å². The first kappa shape index (κ1) is 18.3. The van der Waals surface area contributed by atoms with E-state index in [2.05, 4.69) is 35.1 Å².